The lowest BCUT2D eigenvalue weighted by Gasteiger charge is -2.21. The van der Waals surface area contributed by atoms with Gasteiger partial charge in [-0.15, -0.1) is 0 Å². The fraction of sp³-hybridized carbons (Fsp3) is 0.500. The standard InChI is InChI=1S/C12H18FNO3/c1-16-8-11(14)12(6-15)17-7-9-4-2-3-5-10(9)13/h2-5,11-12,15H,6-8,14H2,1H3. The van der Waals surface area contributed by atoms with E-state index in [1.165, 1.54) is 13.2 Å². The van der Waals surface area contributed by atoms with Gasteiger partial charge in [0.05, 0.1) is 32.0 Å². The van der Waals surface area contributed by atoms with E-state index in [0.717, 1.165) is 0 Å². The van der Waals surface area contributed by atoms with Gasteiger partial charge in [-0.25, -0.2) is 4.39 Å². The number of hydrogen-bond acceptors (Lipinski definition) is 4. The molecule has 0 aliphatic heterocycles. The van der Waals surface area contributed by atoms with Gasteiger partial charge in [0.1, 0.15) is 5.82 Å². The summed E-state index contributed by atoms with van der Waals surface area (Å²) in [7, 11) is 1.52. The second-order valence-corrected chi connectivity index (χ2v) is 3.74. The molecular weight excluding hydrogens is 225 g/mol. The zero-order valence-corrected chi connectivity index (χ0v) is 9.80. The maximum Gasteiger partial charge on any atom is 0.128 e. The van der Waals surface area contributed by atoms with Gasteiger partial charge in [-0.1, -0.05) is 18.2 Å². The van der Waals surface area contributed by atoms with E-state index in [4.69, 9.17) is 20.3 Å². The molecule has 3 N–H and O–H groups in total. The highest BCUT2D eigenvalue weighted by molar-refractivity contribution is 5.16. The summed E-state index contributed by atoms with van der Waals surface area (Å²) in [6.07, 6.45) is -0.561. The van der Waals surface area contributed by atoms with Crippen molar-refractivity contribution < 1.29 is 19.0 Å². The highest BCUT2D eigenvalue weighted by atomic mass is 19.1. The summed E-state index contributed by atoms with van der Waals surface area (Å²) in [6.45, 7) is 0.136. The number of halogens is 1. The summed E-state index contributed by atoms with van der Waals surface area (Å²) in [4.78, 5) is 0. The molecule has 1 rings (SSSR count). The van der Waals surface area contributed by atoms with Crippen LogP contribution >= 0.6 is 0 Å². The fourth-order valence-electron chi connectivity index (χ4n) is 1.42. The van der Waals surface area contributed by atoms with Crippen LogP contribution in [0, 0.1) is 5.82 Å². The van der Waals surface area contributed by atoms with Crippen LogP contribution in [-0.2, 0) is 16.1 Å². The van der Waals surface area contributed by atoms with Gasteiger partial charge in [0.15, 0.2) is 0 Å². The van der Waals surface area contributed by atoms with Crippen molar-refractivity contribution in [1.82, 2.24) is 0 Å². The summed E-state index contributed by atoms with van der Waals surface area (Å²) >= 11 is 0. The van der Waals surface area contributed by atoms with Crippen LogP contribution in [0.2, 0.25) is 0 Å². The second kappa shape index (κ2) is 7.34. The highest BCUT2D eigenvalue weighted by Crippen LogP contribution is 2.10. The van der Waals surface area contributed by atoms with Gasteiger partial charge in [-0.2, -0.15) is 0 Å². The van der Waals surface area contributed by atoms with Crippen molar-refractivity contribution in [2.24, 2.45) is 5.73 Å². The number of benzene rings is 1. The lowest BCUT2D eigenvalue weighted by atomic mass is 10.2. The Labute approximate surface area is 100 Å². The van der Waals surface area contributed by atoms with Crippen LogP contribution in [0.3, 0.4) is 0 Å². The first kappa shape index (κ1) is 14.1. The Balaban J connectivity index is 2.50. The molecular formula is C12H18FNO3. The van der Waals surface area contributed by atoms with Crippen molar-refractivity contribution >= 4 is 0 Å². The van der Waals surface area contributed by atoms with Crippen LogP contribution in [0.5, 0.6) is 0 Å². The minimum atomic E-state index is -0.561. The first-order valence-electron chi connectivity index (χ1n) is 5.39. The minimum Gasteiger partial charge on any atom is -0.394 e. The van der Waals surface area contributed by atoms with Crippen molar-refractivity contribution in [3.05, 3.63) is 35.6 Å². The molecule has 0 aliphatic rings. The van der Waals surface area contributed by atoms with Gasteiger partial charge in [-0.3, -0.25) is 0 Å². The smallest absolute Gasteiger partial charge is 0.128 e. The molecule has 0 saturated carbocycles. The van der Waals surface area contributed by atoms with Crippen LogP contribution in [0.1, 0.15) is 5.56 Å². The quantitative estimate of drug-likeness (QED) is 0.739. The monoisotopic (exact) mass is 243 g/mol. The van der Waals surface area contributed by atoms with E-state index in [1.54, 1.807) is 18.2 Å². The topological polar surface area (TPSA) is 64.7 Å². The van der Waals surface area contributed by atoms with Crippen LogP contribution in [0.15, 0.2) is 24.3 Å². The number of rotatable bonds is 7. The van der Waals surface area contributed by atoms with Crippen molar-refractivity contribution in [2.75, 3.05) is 20.3 Å². The molecule has 2 unspecified atom stereocenters. The summed E-state index contributed by atoms with van der Waals surface area (Å²) in [5.41, 5.74) is 6.18. The van der Waals surface area contributed by atoms with Gasteiger partial charge in [0, 0.05) is 12.7 Å². The fourth-order valence-corrected chi connectivity index (χ4v) is 1.42. The summed E-state index contributed by atoms with van der Waals surface area (Å²) in [6, 6.07) is 5.90. The molecule has 0 aliphatic carbocycles. The first-order chi connectivity index (χ1) is 8.19. The Bertz CT molecular complexity index is 335. The Kier molecular flexibility index (Phi) is 6.07. The van der Waals surface area contributed by atoms with E-state index >= 15 is 0 Å². The molecule has 17 heavy (non-hydrogen) atoms. The third-order valence-corrected chi connectivity index (χ3v) is 2.43. The second-order valence-electron chi connectivity index (χ2n) is 3.74. The van der Waals surface area contributed by atoms with Crippen molar-refractivity contribution in [2.45, 2.75) is 18.8 Å². The zero-order chi connectivity index (χ0) is 12.7. The van der Waals surface area contributed by atoms with E-state index in [9.17, 15) is 4.39 Å². The molecule has 0 amide bonds. The molecule has 0 aromatic heterocycles. The summed E-state index contributed by atoms with van der Waals surface area (Å²) < 4.78 is 23.5. The third-order valence-electron chi connectivity index (χ3n) is 2.43. The minimum absolute atomic E-state index is 0.0787. The maximum absolute atomic E-state index is 13.3. The SMILES string of the molecule is COCC(N)C(CO)OCc1ccccc1F. The Morgan fingerprint density at radius 2 is 2.12 bits per heavy atom. The maximum atomic E-state index is 13.3. The summed E-state index contributed by atoms with van der Waals surface area (Å²) in [5, 5.41) is 9.12. The third kappa shape index (κ3) is 4.40. The molecule has 1 aromatic carbocycles. The number of aliphatic hydroxyl groups is 1. The molecule has 0 fully saturated rings. The molecule has 0 spiro atoms. The van der Waals surface area contributed by atoms with Gasteiger partial charge in [-0.05, 0) is 6.07 Å². The molecule has 1 aromatic rings. The van der Waals surface area contributed by atoms with Gasteiger partial charge >= 0.3 is 0 Å². The van der Waals surface area contributed by atoms with Crippen LogP contribution < -0.4 is 5.73 Å². The molecule has 0 heterocycles. The van der Waals surface area contributed by atoms with E-state index in [-0.39, 0.29) is 25.6 Å². The number of methoxy groups -OCH3 is 1. The van der Waals surface area contributed by atoms with E-state index in [0.29, 0.717) is 5.56 Å². The molecule has 96 valence electrons. The Hall–Kier alpha value is -1.01. The molecule has 4 nitrogen and oxygen atoms in total. The average Bonchev–Trinajstić information content (AvgIpc) is 2.32. The lowest BCUT2D eigenvalue weighted by Crippen LogP contribution is -2.42. The Morgan fingerprint density at radius 1 is 1.41 bits per heavy atom. The molecule has 2 atom stereocenters. The number of aliphatic hydroxyl groups excluding tert-OH is 1. The normalized spacial score (nSPS) is 14.6. The lowest BCUT2D eigenvalue weighted by molar-refractivity contribution is -0.0274. The number of ether oxygens (including phenoxy) is 2. The summed E-state index contributed by atoms with van der Waals surface area (Å²) in [5.74, 6) is -0.329. The first-order valence-corrected chi connectivity index (χ1v) is 5.39. The highest BCUT2D eigenvalue weighted by Gasteiger charge is 2.18. The molecule has 0 radical (unpaired) electrons. The van der Waals surface area contributed by atoms with Crippen molar-refractivity contribution in [3.8, 4) is 0 Å². The van der Waals surface area contributed by atoms with Crippen LogP contribution in [-0.4, -0.2) is 37.6 Å². The van der Waals surface area contributed by atoms with Gasteiger partial charge < -0.3 is 20.3 Å². The van der Waals surface area contributed by atoms with E-state index in [1.807, 2.05) is 0 Å². The van der Waals surface area contributed by atoms with Crippen LogP contribution in [0.25, 0.3) is 0 Å². The van der Waals surface area contributed by atoms with Crippen LogP contribution in [0.4, 0.5) is 4.39 Å². The molecule has 0 bridgehead atoms. The largest absolute Gasteiger partial charge is 0.394 e. The number of hydrogen-bond donors (Lipinski definition) is 2. The predicted molar refractivity (Wildman–Crippen MR) is 61.9 cm³/mol. The number of nitrogens with two attached hydrogens (primary N) is 1. The predicted octanol–water partition coefficient (Wildman–Crippen LogP) is 0.677. The molecule has 5 heteroatoms. The van der Waals surface area contributed by atoms with Crippen molar-refractivity contribution in [1.29, 1.82) is 0 Å². The molecule has 0 saturated heterocycles. The Morgan fingerprint density at radius 3 is 2.71 bits per heavy atom. The van der Waals surface area contributed by atoms with E-state index < -0.39 is 12.1 Å². The van der Waals surface area contributed by atoms with Gasteiger partial charge in [0.2, 0.25) is 0 Å². The van der Waals surface area contributed by atoms with Crippen molar-refractivity contribution in [3.63, 3.8) is 0 Å². The van der Waals surface area contributed by atoms with E-state index in [2.05, 4.69) is 0 Å². The zero-order valence-electron chi connectivity index (χ0n) is 9.80. The average molecular weight is 243 g/mol. The van der Waals surface area contributed by atoms with Gasteiger partial charge in [0.25, 0.3) is 0 Å².